The molecular formula is C35H48F2N6O5. The molecule has 2 atom stereocenters. The summed E-state index contributed by atoms with van der Waals surface area (Å²) in [7, 11) is 3.37. The van der Waals surface area contributed by atoms with E-state index in [9.17, 15) is 19.2 Å². The molecule has 4 rings (SSSR count). The van der Waals surface area contributed by atoms with E-state index in [1.165, 1.54) is 13.2 Å². The highest BCUT2D eigenvalue weighted by atomic mass is 19.3. The fourth-order valence-electron chi connectivity index (χ4n) is 6.16. The normalized spacial score (nSPS) is 17.5. The molecule has 2 fully saturated rings. The molecular weight excluding hydrogens is 622 g/mol. The second-order valence-electron chi connectivity index (χ2n) is 12.7. The fourth-order valence-corrected chi connectivity index (χ4v) is 6.16. The first-order valence-corrected chi connectivity index (χ1v) is 16.8. The Kier molecular flexibility index (Phi) is 13.2. The molecule has 1 aromatic heterocycles. The van der Waals surface area contributed by atoms with Crippen molar-refractivity contribution in [2.24, 2.45) is 5.92 Å². The summed E-state index contributed by atoms with van der Waals surface area (Å²) < 4.78 is 35.4. The zero-order valence-electron chi connectivity index (χ0n) is 28.1. The summed E-state index contributed by atoms with van der Waals surface area (Å²) in [5, 5.41) is 8.08. The molecule has 11 nitrogen and oxygen atoms in total. The van der Waals surface area contributed by atoms with Crippen molar-refractivity contribution < 1.29 is 32.7 Å². The average molecular weight is 671 g/mol. The van der Waals surface area contributed by atoms with E-state index in [-0.39, 0.29) is 36.6 Å². The first-order valence-electron chi connectivity index (χ1n) is 16.8. The van der Waals surface area contributed by atoms with Crippen LogP contribution in [-0.2, 0) is 38.1 Å². The summed E-state index contributed by atoms with van der Waals surface area (Å²) in [4.78, 5) is 59.8. The first-order chi connectivity index (χ1) is 23.0. The van der Waals surface area contributed by atoms with Crippen LogP contribution in [0.25, 0.3) is 0 Å². The number of aromatic nitrogens is 1. The van der Waals surface area contributed by atoms with Crippen LogP contribution >= 0.6 is 0 Å². The van der Waals surface area contributed by atoms with Gasteiger partial charge in [-0.3, -0.25) is 19.2 Å². The zero-order valence-corrected chi connectivity index (χ0v) is 28.1. The van der Waals surface area contributed by atoms with Gasteiger partial charge in [0.05, 0.1) is 7.11 Å². The minimum Gasteiger partial charge on any atom is -0.481 e. The molecule has 0 spiro atoms. The Bertz CT molecular complexity index is 1370. The van der Waals surface area contributed by atoms with Gasteiger partial charge < -0.3 is 30.5 Å². The smallest absolute Gasteiger partial charge is 0.351 e. The Balaban J connectivity index is 1.41. The number of benzene rings is 1. The van der Waals surface area contributed by atoms with Crippen molar-refractivity contribution in [1.29, 1.82) is 0 Å². The quantitative estimate of drug-likeness (QED) is 0.279. The Morgan fingerprint density at radius 3 is 2.17 bits per heavy atom. The van der Waals surface area contributed by atoms with Crippen molar-refractivity contribution in [3.63, 3.8) is 0 Å². The van der Waals surface area contributed by atoms with Gasteiger partial charge in [0.2, 0.25) is 23.6 Å². The van der Waals surface area contributed by atoms with Crippen LogP contribution in [0.3, 0.4) is 0 Å². The number of methoxy groups -OCH3 is 1. The standard InChI is InChI=1S/C35H48F2N6O5/c1-4-29(44)40-28(33(46)43-19-17-42(2)18-20-43)21-24-11-13-25(14-12-24)22-39-32(45)31(26-9-7-5-6-8-10-26)41-34(47)35(36,37)27-15-16-30(48-3)38-23-27/h11-16,23,26,28,31H,4-10,17-22H2,1-3H3,(H,39,45)(H,40,44)(H,41,47)/t28-,31+/m1/s1. The molecule has 1 saturated heterocycles. The Morgan fingerprint density at radius 1 is 0.938 bits per heavy atom. The number of nitrogens with one attached hydrogen (secondary N) is 3. The van der Waals surface area contributed by atoms with Gasteiger partial charge >= 0.3 is 5.92 Å². The fraction of sp³-hybridized carbons (Fsp3) is 0.571. The Morgan fingerprint density at radius 2 is 1.58 bits per heavy atom. The second-order valence-corrected chi connectivity index (χ2v) is 12.7. The van der Waals surface area contributed by atoms with E-state index in [1.54, 1.807) is 11.8 Å². The van der Waals surface area contributed by atoms with Crippen molar-refractivity contribution in [1.82, 2.24) is 30.7 Å². The number of amides is 4. The lowest BCUT2D eigenvalue weighted by atomic mass is 9.90. The molecule has 2 heterocycles. The summed E-state index contributed by atoms with van der Waals surface area (Å²) in [6.45, 7) is 4.61. The number of halogens is 2. The molecule has 3 N–H and O–H groups in total. The van der Waals surface area contributed by atoms with E-state index < -0.39 is 35.4 Å². The monoisotopic (exact) mass is 670 g/mol. The molecule has 1 aliphatic carbocycles. The number of piperazine rings is 1. The highest BCUT2D eigenvalue weighted by molar-refractivity contribution is 5.91. The molecule has 2 aromatic rings. The molecule has 48 heavy (non-hydrogen) atoms. The van der Waals surface area contributed by atoms with Crippen molar-refractivity contribution >= 4 is 23.6 Å². The van der Waals surface area contributed by atoms with Crippen molar-refractivity contribution in [3.05, 3.63) is 59.3 Å². The summed E-state index contributed by atoms with van der Waals surface area (Å²) in [5.74, 6) is -6.43. The number of carbonyl (C=O) groups excluding carboxylic acids is 4. The zero-order chi connectivity index (χ0) is 34.7. The number of nitrogens with zero attached hydrogens (tertiary/aromatic N) is 3. The molecule has 2 aliphatic rings. The van der Waals surface area contributed by atoms with Gasteiger partial charge in [-0.25, -0.2) is 4.98 Å². The predicted molar refractivity (Wildman–Crippen MR) is 176 cm³/mol. The highest BCUT2D eigenvalue weighted by Gasteiger charge is 2.44. The van der Waals surface area contributed by atoms with Crippen molar-refractivity contribution in [3.8, 4) is 5.88 Å². The maximum atomic E-state index is 15.2. The third-order valence-corrected chi connectivity index (χ3v) is 9.23. The number of alkyl halides is 2. The van der Waals surface area contributed by atoms with Crippen LogP contribution in [0.4, 0.5) is 8.78 Å². The number of hydrogen-bond acceptors (Lipinski definition) is 7. The second kappa shape index (κ2) is 17.3. The minimum absolute atomic E-state index is 0.110. The van der Waals surface area contributed by atoms with Crippen molar-refractivity contribution in [2.45, 2.75) is 82.8 Å². The summed E-state index contributed by atoms with van der Waals surface area (Å²) in [5.41, 5.74) is 1.00. The molecule has 1 aliphatic heterocycles. The largest absolute Gasteiger partial charge is 0.481 e. The number of likely N-dealkylation sites (N-methyl/N-ethyl adjacent to an activating group) is 1. The van der Waals surface area contributed by atoms with Gasteiger partial charge in [0.1, 0.15) is 12.1 Å². The van der Waals surface area contributed by atoms with Crippen LogP contribution in [-0.4, -0.2) is 90.8 Å². The third-order valence-electron chi connectivity index (χ3n) is 9.23. The summed E-state index contributed by atoms with van der Waals surface area (Å²) in [6, 6.07) is 7.84. The Labute approximate surface area is 281 Å². The molecule has 0 radical (unpaired) electrons. The molecule has 0 unspecified atom stereocenters. The Hall–Kier alpha value is -4.13. The van der Waals surface area contributed by atoms with Crippen LogP contribution in [0, 0.1) is 5.92 Å². The highest BCUT2D eigenvalue weighted by Crippen LogP contribution is 2.31. The van der Waals surface area contributed by atoms with Crippen LogP contribution in [0.15, 0.2) is 42.6 Å². The van der Waals surface area contributed by atoms with Gasteiger partial charge in [-0.2, -0.15) is 8.78 Å². The van der Waals surface area contributed by atoms with Crippen LogP contribution in [0.1, 0.15) is 68.6 Å². The van der Waals surface area contributed by atoms with Gasteiger partial charge in [-0.1, -0.05) is 56.9 Å². The lowest BCUT2D eigenvalue weighted by Gasteiger charge is -2.34. The van der Waals surface area contributed by atoms with Gasteiger partial charge in [-0.15, -0.1) is 0 Å². The van der Waals surface area contributed by atoms with Crippen LogP contribution in [0.2, 0.25) is 0 Å². The number of ether oxygens (including phenoxy) is 1. The summed E-state index contributed by atoms with van der Waals surface area (Å²) >= 11 is 0. The van der Waals surface area contributed by atoms with Gasteiger partial charge in [0, 0.05) is 63.4 Å². The van der Waals surface area contributed by atoms with Crippen LogP contribution in [0.5, 0.6) is 5.88 Å². The van der Waals surface area contributed by atoms with E-state index >= 15 is 8.78 Å². The molecule has 4 amide bonds. The number of pyridine rings is 1. The number of rotatable bonds is 13. The van der Waals surface area contributed by atoms with E-state index in [0.29, 0.717) is 32.4 Å². The maximum absolute atomic E-state index is 15.2. The van der Waals surface area contributed by atoms with Gasteiger partial charge in [0.25, 0.3) is 5.91 Å². The van der Waals surface area contributed by atoms with Crippen molar-refractivity contribution in [2.75, 3.05) is 40.3 Å². The number of hydrogen-bond donors (Lipinski definition) is 3. The van der Waals surface area contributed by atoms with E-state index in [0.717, 1.165) is 62.2 Å². The molecule has 0 bridgehead atoms. The molecule has 1 saturated carbocycles. The molecule has 13 heteroatoms. The first kappa shape index (κ1) is 36.7. The summed E-state index contributed by atoms with van der Waals surface area (Å²) in [6.07, 6.45) is 6.44. The number of carbonyl (C=O) groups is 4. The lowest BCUT2D eigenvalue weighted by molar-refractivity contribution is -0.150. The average Bonchev–Trinajstić information content (AvgIpc) is 3.39. The topological polar surface area (TPSA) is 133 Å². The predicted octanol–water partition coefficient (Wildman–Crippen LogP) is 3.16. The van der Waals surface area contributed by atoms with Gasteiger partial charge in [-0.05, 0) is 43.0 Å². The minimum atomic E-state index is -3.90. The van der Waals surface area contributed by atoms with E-state index in [2.05, 4.69) is 25.8 Å². The van der Waals surface area contributed by atoms with E-state index in [1.807, 2.05) is 31.3 Å². The maximum Gasteiger partial charge on any atom is 0.351 e. The van der Waals surface area contributed by atoms with Gasteiger partial charge in [0.15, 0.2) is 0 Å². The van der Waals surface area contributed by atoms with E-state index in [4.69, 9.17) is 4.74 Å². The molecule has 262 valence electrons. The lowest BCUT2D eigenvalue weighted by Crippen LogP contribution is -2.54. The van der Waals surface area contributed by atoms with Crippen LogP contribution < -0.4 is 20.7 Å². The SMILES string of the molecule is CCC(=O)N[C@H](Cc1ccc(CNC(=O)[C@@H](NC(=O)C(F)(F)c2ccc(OC)nc2)C2CCCCCC2)cc1)C(=O)N1CCN(C)CC1. The third kappa shape index (κ3) is 9.94. The molecule has 1 aromatic carbocycles.